The number of aliphatic hydroxyl groups is 13. The zero-order chi connectivity index (χ0) is 61.2. The summed E-state index contributed by atoms with van der Waals surface area (Å²) < 4.78 is 107. The van der Waals surface area contributed by atoms with Crippen LogP contribution in [0.25, 0.3) is 0 Å². The van der Waals surface area contributed by atoms with Crippen LogP contribution in [0.1, 0.15) is 100 Å². The summed E-state index contributed by atoms with van der Waals surface area (Å²) in [6.07, 6.45) is -37.1. The molecule has 484 valence electrons. The van der Waals surface area contributed by atoms with Crippen molar-refractivity contribution in [2.24, 2.45) is 40.4 Å². The monoisotopic (exact) mass is 1230 g/mol. The molecule has 14 N–H and O–H groups in total. The topological polar surface area (TPSA) is 431 Å². The van der Waals surface area contributed by atoms with Crippen LogP contribution in [0.5, 0.6) is 0 Å². The molecule has 10 aliphatic rings. The van der Waals surface area contributed by atoms with Crippen molar-refractivity contribution in [3.05, 3.63) is 11.6 Å². The van der Waals surface area contributed by atoms with Crippen molar-refractivity contribution in [1.82, 2.24) is 0 Å². The highest BCUT2D eigenvalue weighted by atomic mass is 32.3. The molecule has 35 atom stereocenters. The van der Waals surface area contributed by atoms with E-state index in [9.17, 15) is 79.4 Å². The third kappa shape index (κ3) is 12.1. The van der Waals surface area contributed by atoms with Gasteiger partial charge in [0, 0.05) is 0 Å². The third-order valence-corrected chi connectivity index (χ3v) is 21.3. The Hall–Kier alpha value is -1.35. The van der Waals surface area contributed by atoms with E-state index in [4.69, 9.17) is 56.3 Å². The molecule has 3 saturated carbocycles. The lowest BCUT2D eigenvalue weighted by Crippen LogP contribution is -2.67. The number of aliphatic hydroxyl groups excluding tert-OH is 12. The van der Waals surface area contributed by atoms with E-state index in [2.05, 4.69) is 33.8 Å². The van der Waals surface area contributed by atoms with Crippen molar-refractivity contribution < 1.29 is 136 Å². The summed E-state index contributed by atoms with van der Waals surface area (Å²) in [4.78, 5) is 0. The highest BCUT2D eigenvalue weighted by molar-refractivity contribution is 7.80. The SMILES string of the molecule is CC(C)[C@@H]1O[C@@H]1[C@](C)(O)[C@H]1CC[C@H]2[C@H]3C[C@H](O[C@@H]4O[C@H](C)[C@@H](O)[C@H](O[C@@H]5OC[C@@H](O[C@@H]6O[C@H](CO)[C@H](O)[C@H](O)[C@H]6O[C@@H]6O[C@H](C)[C@@H](O)[C@H](O)[C@H]6O)[C@H](O)[C@H]5O[C@@H]5O[C@H](C)[C@@H](O)[C@H](O)[C@H]5O)[C@H]4O)[C@H]4C[C@@H](OS(=O)(=O)O)CC[C@]4(C)C3=CC[C@]12C. The summed E-state index contributed by atoms with van der Waals surface area (Å²) in [7, 11) is -4.87. The van der Waals surface area contributed by atoms with Gasteiger partial charge in [-0.15, -0.1) is 0 Å². The fourth-order valence-electron chi connectivity index (χ4n) is 16.0. The quantitative estimate of drug-likeness (QED) is 0.0410. The molecule has 29 heteroatoms. The normalized spacial score (nSPS) is 54.2. The average Bonchev–Trinajstić information content (AvgIpc) is 1.44. The lowest BCUT2D eigenvalue weighted by atomic mass is 9.47. The molecular formula is C55H90O28S. The van der Waals surface area contributed by atoms with Gasteiger partial charge in [0.1, 0.15) is 104 Å². The minimum Gasteiger partial charge on any atom is -0.394 e. The van der Waals surface area contributed by atoms with Crippen molar-refractivity contribution in [3.63, 3.8) is 0 Å². The van der Waals surface area contributed by atoms with Gasteiger partial charge >= 0.3 is 10.4 Å². The lowest BCUT2D eigenvalue weighted by Gasteiger charge is -2.60. The van der Waals surface area contributed by atoms with Gasteiger partial charge in [-0.2, -0.15) is 8.42 Å². The van der Waals surface area contributed by atoms with E-state index in [1.165, 1.54) is 26.3 Å². The van der Waals surface area contributed by atoms with Crippen LogP contribution in [-0.2, 0) is 66.7 Å². The van der Waals surface area contributed by atoms with Crippen LogP contribution in [0.4, 0.5) is 0 Å². The van der Waals surface area contributed by atoms with E-state index in [0.717, 1.165) is 12.8 Å². The van der Waals surface area contributed by atoms with Gasteiger partial charge in [0.2, 0.25) is 0 Å². The average molecular weight is 1230 g/mol. The molecule has 0 aromatic heterocycles. The molecule has 6 saturated heterocycles. The van der Waals surface area contributed by atoms with Gasteiger partial charge in [-0.05, 0) is 113 Å². The van der Waals surface area contributed by atoms with Crippen molar-refractivity contribution in [3.8, 4) is 0 Å². The first-order valence-electron chi connectivity index (χ1n) is 29.7. The maximum Gasteiger partial charge on any atom is 0.397 e. The molecular weight excluding hydrogens is 1140 g/mol. The minimum absolute atomic E-state index is 0.0611. The Kier molecular flexibility index (Phi) is 19.3. The molecule has 10 rings (SSSR count). The maximum absolute atomic E-state index is 12.4. The number of hydrogen-bond donors (Lipinski definition) is 14. The summed E-state index contributed by atoms with van der Waals surface area (Å²) in [5.74, 6) is -0.400. The highest BCUT2D eigenvalue weighted by Gasteiger charge is 2.67. The Bertz CT molecular complexity index is 2410. The summed E-state index contributed by atoms with van der Waals surface area (Å²) >= 11 is 0. The van der Waals surface area contributed by atoms with E-state index in [1.54, 1.807) is 0 Å². The Morgan fingerprint density at radius 2 is 1.18 bits per heavy atom. The molecule has 0 spiro atoms. The zero-order valence-corrected chi connectivity index (χ0v) is 49.2. The Labute approximate surface area is 487 Å². The van der Waals surface area contributed by atoms with Crippen molar-refractivity contribution in [1.29, 1.82) is 0 Å². The van der Waals surface area contributed by atoms with Crippen LogP contribution < -0.4 is 0 Å². The second-order valence-electron chi connectivity index (χ2n) is 26.5. The van der Waals surface area contributed by atoms with E-state index >= 15 is 0 Å². The van der Waals surface area contributed by atoms with Crippen LogP contribution in [0.3, 0.4) is 0 Å². The summed E-state index contributed by atoms with van der Waals surface area (Å²) in [6, 6.07) is 0. The maximum atomic E-state index is 12.4. The molecule has 4 aliphatic carbocycles. The minimum atomic E-state index is -4.87. The third-order valence-electron chi connectivity index (χ3n) is 20.8. The first-order chi connectivity index (χ1) is 39.3. The van der Waals surface area contributed by atoms with Crippen LogP contribution in [0.15, 0.2) is 11.6 Å². The van der Waals surface area contributed by atoms with Gasteiger partial charge in [-0.1, -0.05) is 39.3 Å². The van der Waals surface area contributed by atoms with Gasteiger partial charge in [-0.3, -0.25) is 4.55 Å². The van der Waals surface area contributed by atoms with Crippen LogP contribution >= 0.6 is 0 Å². The molecule has 84 heavy (non-hydrogen) atoms. The molecule has 0 aromatic rings. The predicted molar refractivity (Wildman–Crippen MR) is 280 cm³/mol. The second-order valence-corrected chi connectivity index (χ2v) is 27.5. The second kappa shape index (κ2) is 24.7. The Morgan fingerprint density at radius 3 is 1.75 bits per heavy atom. The smallest absolute Gasteiger partial charge is 0.394 e. The number of fused-ring (bicyclic) bond motifs is 5. The molecule has 6 heterocycles. The molecule has 0 aromatic carbocycles. The van der Waals surface area contributed by atoms with E-state index in [0.29, 0.717) is 19.3 Å². The molecule has 6 aliphatic heterocycles. The molecule has 0 radical (unpaired) electrons. The molecule has 0 bridgehead atoms. The number of ether oxygens (including phenoxy) is 11. The Balaban J connectivity index is 0.914. The number of hydrogen-bond acceptors (Lipinski definition) is 27. The van der Waals surface area contributed by atoms with E-state index in [-0.39, 0.29) is 54.1 Å². The predicted octanol–water partition coefficient (Wildman–Crippen LogP) is -3.26. The van der Waals surface area contributed by atoms with Crippen LogP contribution in [0, 0.1) is 40.4 Å². The van der Waals surface area contributed by atoms with Crippen molar-refractivity contribution >= 4 is 10.4 Å². The number of allylic oxidation sites excluding steroid dienone is 2. The summed E-state index contributed by atoms with van der Waals surface area (Å²) in [5, 5.41) is 145. The van der Waals surface area contributed by atoms with E-state index < -0.39 is 200 Å². The summed E-state index contributed by atoms with van der Waals surface area (Å²) in [5.41, 5.74) is -0.903. The van der Waals surface area contributed by atoms with Crippen molar-refractivity contribution in [2.75, 3.05) is 13.2 Å². The highest BCUT2D eigenvalue weighted by Crippen LogP contribution is 2.68. The van der Waals surface area contributed by atoms with Gasteiger partial charge in [0.15, 0.2) is 31.5 Å². The van der Waals surface area contributed by atoms with E-state index in [1.807, 2.05) is 6.92 Å². The molecule has 28 nitrogen and oxygen atoms in total. The van der Waals surface area contributed by atoms with Gasteiger partial charge in [-0.25, -0.2) is 4.18 Å². The van der Waals surface area contributed by atoms with Gasteiger partial charge in [0.25, 0.3) is 0 Å². The number of rotatable bonds is 16. The standard InChI is InChI=1S/C55H90O28S/c1-19(2)43-47(79-43)55(8,68)31-10-9-25-24-16-28(27-15-23(83-84(69,70)71)11-13-53(27,6)26(24)12-14-54(25,31)7)76-50-42(67)44(34(59)22(5)75-50)80-51-45(81-48-40(65)37(62)32(57)20(3)73-48)36(61)30(18-72-51)78-52-46(39(64)35(60)29(17-56)77-52)82-49-41(66)38(63)33(58)21(4)74-49/h12,19-25,27-52,56-68H,9-11,13-18H2,1-8H3,(H,69,70,71)/t20-,21-,22-,23+,24-,25+,27-,28+,29-,30-,31+,32-,33-,34-,35+,36+,37+,38+,39+,40-,41-,42-,43+,44+,45-,46-,47+,48+,49+,50+,51+,52+,53-,54+,55-/m1/s1. The van der Waals surface area contributed by atoms with Crippen molar-refractivity contribution in [2.45, 2.75) is 278 Å². The first kappa shape index (κ1) is 65.6. The molecule has 0 amide bonds. The summed E-state index contributed by atoms with van der Waals surface area (Å²) in [6.45, 7) is 13.1. The molecule has 9 fully saturated rings. The fourth-order valence-corrected chi connectivity index (χ4v) is 16.5. The zero-order valence-electron chi connectivity index (χ0n) is 48.4. The Morgan fingerprint density at radius 1 is 0.619 bits per heavy atom. The van der Waals surface area contributed by atoms with Gasteiger partial charge < -0.3 is 118 Å². The first-order valence-corrected chi connectivity index (χ1v) is 31.0. The fraction of sp³-hybridized carbons (Fsp3) is 0.964. The lowest BCUT2D eigenvalue weighted by molar-refractivity contribution is -0.398. The van der Waals surface area contributed by atoms with Gasteiger partial charge in [0.05, 0.1) is 55.4 Å². The molecule has 0 unspecified atom stereocenters. The number of epoxide rings is 1. The largest absolute Gasteiger partial charge is 0.397 e. The van der Waals surface area contributed by atoms with Crippen LogP contribution in [-0.4, -0.2) is 270 Å². The van der Waals surface area contributed by atoms with Crippen LogP contribution in [0.2, 0.25) is 0 Å².